The Kier molecular flexibility index (Phi) is 3.94. The molecule has 2 aliphatic rings. The molecule has 16 heavy (non-hydrogen) atoms. The Bertz CT molecular complexity index is 207. The van der Waals surface area contributed by atoms with Crippen LogP contribution < -0.4 is 0 Å². The van der Waals surface area contributed by atoms with Crippen LogP contribution in [0.1, 0.15) is 59.3 Å². The average Bonchev–Trinajstić information content (AvgIpc) is 3.06. The van der Waals surface area contributed by atoms with E-state index in [4.69, 9.17) is 0 Å². The molecular weight excluding hydrogens is 194 g/mol. The third-order valence-corrected chi connectivity index (χ3v) is 5.28. The first kappa shape index (κ1) is 12.4. The van der Waals surface area contributed by atoms with Gasteiger partial charge in [0.1, 0.15) is 0 Å². The summed E-state index contributed by atoms with van der Waals surface area (Å²) in [6, 6.07) is 0. The van der Waals surface area contributed by atoms with Gasteiger partial charge in [-0.3, -0.25) is 0 Å². The Morgan fingerprint density at radius 2 is 1.69 bits per heavy atom. The van der Waals surface area contributed by atoms with Crippen LogP contribution in [0.4, 0.5) is 0 Å². The Morgan fingerprint density at radius 1 is 1.12 bits per heavy atom. The topological polar surface area (TPSA) is 3.24 Å². The van der Waals surface area contributed by atoms with Gasteiger partial charge in [-0.25, -0.2) is 0 Å². The highest BCUT2D eigenvalue weighted by molar-refractivity contribution is 4.96. The smallest absolute Gasteiger partial charge is 0.000946 e. The molecular formula is C15H29N. The van der Waals surface area contributed by atoms with Gasteiger partial charge in [0.05, 0.1) is 0 Å². The van der Waals surface area contributed by atoms with Crippen LogP contribution in [0.5, 0.6) is 0 Å². The number of hydrogen-bond acceptors (Lipinski definition) is 1. The summed E-state index contributed by atoms with van der Waals surface area (Å²) in [6.45, 7) is 11.3. The Labute approximate surface area is 102 Å². The van der Waals surface area contributed by atoms with Crippen molar-refractivity contribution in [2.75, 3.05) is 19.6 Å². The summed E-state index contributed by atoms with van der Waals surface area (Å²) < 4.78 is 0. The highest BCUT2D eigenvalue weighted by atomic mass is 15.1. The van der Waals surface area contributed by atoms with Crippen molar-refractivity contribution in [3.8, 4) is 0 Å². The van der Waals surface area contributed by atoms with Crippen LogP contribution >= 0.6 is 0 Å². The molecule has 0 bridgehead atoms. The molecule has 0 aromatic heterocycles. The molecule has 1 nitrogen and oxygen atoms in total. The predicted molar refractivity (Wildman–Crippen MR) is 70.6 cm³/mol. The van der Waals surface area contributed by atoms with Gasteiger partial charge < -0.3 is 4.90 Å². The maximum atomic E-state index is 2.72. The summed E-state index contributed by atoms with van der Waals surface area (Å²) >= 11 is 0. The molecule has 1 heterocycles. The van der Waals surface area contributed by atoms with E-state index in [1.165, 1.54) is 58.2 Å². The van der Waals surface area contributed by atoms with Crippen LogP contribution in [-0.4, -0.2) is 24.5 Å². The molecule has 2 rings (SSSR count). The van der Waals surface area contributed by atoms with E-state index >= 15 is 0 Å². The minimum absolute atomic E-state index is 0.765. The fourth-order valence-corrected chi connectivity index (χ4v) is 3.33. The predicted octanol–water partition coefficient (Wildman–Crippen LogP) is 3.93. The van der Waals surface area contributed by atoms with Crippen molar-refractivity contribution in [2.24, 2.45) is 17.3 Å². The molecule has 0 amide bonds. The van der Waals surface area contributed by atoms with E-state index < -0.39 is 0 Å². The second kappa shape index (κ2) is 5.08. The fourth-order valence-electron chi connectivity index (χ4n) is 3.33. The number of hydrogen-bond donors (Lipinski definition) is 0. The van der Waals surface area contributed by atoms with Crippen molar-refractivity contribution >= 4 is 0 Å². The van der Waals surface area contributed by atoms with Crippen molar-refractivity contribution in [1.29, 1.82) is 0 Å². The van der Waals surface area contributed by atoms with Crippen molar-refractivity contribution in [3.05, 3.63) is 0 Å². The van der Waals surface area contributed by atoms with Crippen molar-refractivity contribution < 1.29 is 0 Å². The molecule has 1 saturated heterocycles. The quantitative estimate of drug-likeness (QED) is 0.682. The molecule has 2 fully saturated rings. The van der Waals surface area contributed by atoms with Gasteiger partial charge >= 0.3 is 0 Å². The zero-order valence-electron chi connectivity index (χ0n) is 11.5. The van der Waals surface area contributed by atoms with Crippen LogP contribution in [0.15, 0.2) is 0 Å². The number of nitrogens with zero attached hydrogens (tertiary/aromatic N) is 1. The molecule has 1 aliphatic heterocycles. The lowest BCUT2D eigenvalue weighted by molar-refractivity contribution is 0.125. The Hall–Kier alpha value is -0.0400. The first-order chi connectivity index (χ1) is 7.68. The molecule has 0 atom stereocenters. The van der Waals surface area contributed by atoms with Gasteiger partial charge in [-0.05, 0) is 56.0 Å². The van der Waals surface area contributed by atoms with E-state index in [2.05, 4.69) is 25.7 Å². The fraction of sp³-hybridized carbons (Fsp3) is 1.00. The van der Waals surface area contributed by atoms with Crippen molar-refractivity contribution in [2.45, 2.75) is 59.3 Å². The van der Waals surface area contributed by atoms with Crippen LogP contribution in [0, 0.1) is 17.3 Å². The third kappa shape index (κ3) is 2.80. The summed E-state index contributed by atoms with van der Waals surface area (Å²) in [5.41, 5.74) is 0.765. The van der Waals surface area contributed by atoms with Crippen LogP contribution in [0.3, 0.4) is 0 Å². The molecule has 0 unspecified atom stereocenters. The van der Waals surface area contributed by atoms with E-state index in [0.717, 1.165) is 17.3 Å². The summed E-state index contributed by atoms with van der Waals surface area (Å²) in [4.78, 5) is 2.72. The van der Waals surface area contributed by atoms with E-state index in [1.54, 1.807) is 0 Å². The average molecular weight is 223 g/mol. The first-order valence-electron chi connectivity index (χ1n) is 7.40. The SMILES string of the molecule is CCC(CC)CN1CCC(C2(C)CC2)CC1. The van der Waals surface area contributed by atoms with Crippen LogP contribution in [0.2, 0.25) is 0 Å². The summed E-state index contributed by atoms with van der Waals surface area (Å²) in [5, 5.41) is 0. The van der Waals surface area contributed by atoms with Crippen molar-refractivity contribution in [3.63, 3.8) is 0 Å². The Morgan fingerprint density at radius 3 is 2.12 bits per heavy atom. The van der Waals surface area contributed by atoms with Gasteiger partial charge in [-0.15, -0.1) is 0 Å². The zero-order valence-corrected chi connectivity index (χ0v) is 11.5. The molecule has 0 spiro atoms. The maximum absolute atomic E-state index is 2.72. The third-order valence-electron chi connectivity index (χ3n) is 5.28. The Balaban J connectivity index is 1.72. The molecule has 1 aliphatic carbocycles. The largest absolute Gasteiger partial charge is 0.303 e. The van der Waals surface area contributed by atoms with E-state index in [1.807, 2.05) is 0 Å². The molecule has 1 heteroatoms. The van der Waals surface area contributed by atoms with Gasteiger partial charge in [-0.1, -0.05) is 33.6 Å². The molecule has 94 valence electrons. The molecule has 0 radical (unpaired) electrons. The van der Waals surface area contributed by atoms with Crippen LogP contribution in [-0.2, 0) is 0 Å². The number of piperidine rings is 1. The van der Waals surface area contributed by atoms with Gasteiger partial charge in [0.25, 0.3) is 0 Å². The number of rotatable bonds is 5. The second-order valence-electron chi connectivity index (χ2n) is 6.41. The summed E-state index contributed by atoms with van der Waals surface area (Å²) in [5.74, 6) is 1.98. The summed E-state index contributed by atoms with van der Waals surface area (Å²) in [7, 11) is 0. The minimum atomic E-state index is 0.765. The lowest BCUT2D eigenvalue weighted by Crippen LogP contribution is -2.38. The van der Waals surface area contributed by atoms with Gasteiger partial charge in [0.15, 0.2) is 0 Å². The minimum Gasteiger partial charge on any atom is -0.303 e. The monoisotopic (exact) mass is 223 g/mol. The van der Waals surface area contributed by atoms with E-state index in [-0.39, 0.29) is 0 Å². The van der Waals surface area contributed by atoms with Gasteiger partial charge in [-0.2, -0.15) is 0 Å². The highest BCUT2D eigenvalue weighted by Gasteiger charge is 2.45. The molecule has 1 saturated carbocycles. The lowest BCUT2D eigenvalue weighted by Gasteiger charge is -2.36. The summed E-state index contributed by atoms with van der Waals surface area (Å²) in [6.07, 6.45) is 8.66. The normalized spacial score (nSPS) is 26.2. The van der Waals surface area contributed by atoms with E-state index in [9.17, 15) is 0 Å². The highest BCUT2D eigenvalue weighted by Crippen LogP contribution is 2.54. The number of likely N-dealkylation sites (tertiary alicyclic amines) is 1. The lowest BCUT2D eigenvalue weighted by atomic mass is 9.82. The first-order valence-corrected chi connectivity index (χ1v) is 7.40. The second-order valence-corrected chi connectivity index (χ2v) is 6.41. The zero-order chi connectivity index (χ0) is 11.6. The molecule has 0 N–H and O–H groups in total. The van der Waals surface area contributed by atoms with Gasteiger partial charge in [0, 0.05) is 6.54 Å². The van der Waals surface area contributed by atoms with E-state index in [0.29, 0.717) is 0 Å². The van der Waals surface area contributed by atoms with Crippen molar-refractivity contribution in [1.82, 2.24) is 4.90 Å². The molecule has 0 aromatic carbocycles. The van der Waals surface area contributed by atoms with Crippen LogP contribution in [0.25, 0.3) is 0 Å². The molecule has 0 aromatic rings. The maximum Gasteiger partial charge on any atom is 0.000946 e. The van der Waals surface area contributed by atoms with Gasteiger partial charge in [0.2, 0.25) is 0 Å². The standard InChI is InChI=1S/C15H29N/c1-4-13(5-2)12-16-10-6-14(7-11-16)15(3)8-9-15/h13-14H,4-12H2,1-3H3.